The van der Waals surface area contributed by atoms with E-state index in [1.54, 1.807) is 0 Å². The van der Waals surface area contributed by atoms with Gasteiger partial charge in [0.05, 0.1) is 25.7 Å². The highest BCUT2D eigenvalue weighted by atomic mass is 16.7. The monoisotopic (exact) mass is 333 g/mol. The summed E-state index contributed by atoms with van der Waals surface area (Å²) < 4.78 is 17.2. The van der Waals surface area contributed by atoms with E-state index in [2.05, 4.69) is 12.2 Å². The maximum Gasteiger partial charge on any atom is 0.228 e. The minimum Gasteiger partial charge on any atom is -0.494 e. The van der Waals surface area contributed by atoms with Gasteiger partial charge in [0.25, 0.3) is 0 Å². The van der Waals surface area contributed by atoms with Gasteiger partial charge in [-0.1, -0.05) is 17.7 Å². The Bertz CT molecular complexity index is 531. The highest BCUT2D eigenvalue weighted by Crippen LogP contribution is 2.42. The number of nitrogens with one attached hydrogen (secondary N) is 1. The van der Waals surface area contributed by atoms with E-state index in [1.165, 1.54) is 5.56 Å². The molecule has 2 fully saturated rings. The van der Waals surface area contributed by atoms with Crippen LogP contribution in [0.3, 0.4) is 0 Å². The van der Waals surface area contributed by atoms with Crippen molar-refractivity contribution >= 4 is 5.91 Å². The van der Waals surface area contributed by atoms with Crippen LogP contribution < -0.4 is 10.1 Å². The van der Waals surface area contributed by atoms with Crippen molar-refractivity contribution in [2.24, 2.45) is 5.92 Å². The highest BCUT2D eigenvalue weighted by Gasteiger charge is 2.51. The maximum atomic E-state index is 12.4. The quantitative estimate of drug-likeness (QED) is 0.780. The van der Waals surface area contributed by atoms with Crippen molar-refractivity contribution in [3.63, 3.8) is 0 Å². The molecule has 1 aromatic rings. The van der Waals surface area contributed by atoms with Gasteiger partial charge in [-0.3, -0.25) is 4.79 Å². The first-order valence-corrected chi connectivity index (χ1v) is 8.95. The van der Waals surface area contributed by atoms with Crippen molar-refractivity contribution < 1.29 is 19.0 Å². The third-order valence-corrected chi connectivity index (χ3v) is 4.80. The molecule has 5 nitrogen and oxygen atoms in total. The summed E-state index contributed by atoms with van der Waals surface area (Å²) in [6.45, 7) is 4.59. The fraction of sp³-hybridized carbons (Fsp3) is 0.632. The van der Waals surface area contributed by atoms with E-state index < -0.39 is 5.79 Å². The topological polar surface area (TPSA) is 56.8 Å². The zero-order valence-electron chi connectivity index (χ0n) is 14.4. The molecule has 0 unspecified atom stereocenters. The number of hydrogen-bond donors (Lipinski definition) is 1. The van der Waals surface area contributed by atoms with E-state index in [9.17, 15) is 4.79 Å². The van der Waals surface area contributed by atoms with E-state index in [0.29, 0.717) is 26.4 Å². The number of rotatable bonds is 7. The van der Waals surface area contributed by atoms with Gasteiger partial charge in [-0.15, -0.1) is 0 Å². The summed E-state index contributed by atoms with van der Waals surface area (Å²) >= 11 is 0. The molecule has 1 saturated carbocycles. The Labute approximate surface area is 143 Å². The number of amides is 1. The molecule has 0 bridgehead atoms. The molecule has 2 aliphatic rings. The summed E-state index contributed by atoms with van der Waals surface area (Å²) in [6.07, 6.45) is 4.48. The number of unbranched alkanes of at least 4 members (excludes halogenated alkanes) is 1. The number of benzene rings is 1. The lowest BCUT2D eigenvalue weighted by Gasteiger charge is -2.28. The van der Waals surface area contributed by atoms with Crippen molar-refractivity contribution in [2.45, 2.75) is 44.8 Å². The smallest absolute Gasteiger partial charge is 0.228 e. The average molecular weight is 333 g/mol. The van der Waals surface area contributed by atoms with Crippen LogP contribution >= 0.6 is 0 Å². The van der Waals surface area contributed by atoms with E-state index in [4.69, 9.17) is 14.2 Å². The lowest BCUT2D eigenvalue weighted by Crippen LogP contribution is -2.44. The van der Waals surface area contributed by atoms with Crippen LogP contribution in [0.4, 0.5) is 0 Å². The average Bonchev–Trinajstić information content (AvgIpc) is 3.23. The third-order valence-electron chi connectivity index (χ3n) is 4.80. The molecule has 1 aliphatic heterocycles. The Morgan fingerprint density at radius 1 is 1.25 bits per heavy atom. The van der Waals surface area contributed by atoms with Crippen molar-refractivity contribution in [1.29, 1.82) is 0 Å². The summed E-state index contributed by atoms with van der Waals surface area (Å²) in [4.78, 5) is 12.4. The van der Waals surface area contributed by atoms with Gasteiger partial charge >= 0.3 is 0 Å². The van der Waals surface area contributed by atoms with Gasteiger partial charge in [0, 0.05) is 13.0 Å². The summed E-state index contributed by atoms with van der Waals surface area (Å²) in [5.74, 6) is 0.157. The van der Waals surface area contributed by atoms with Gasteiger partial charge in [0.2, 0.25) is 5.91 Å². The van der Waals surface area contributed by atoms with E-state index in [-0.39, 0.29) is 11.8 Å². The standard InChI is InChI=1S/C19H27NO4/c1-15-6-8-16(9-7-15)22-12-3-2-11-20-18(21)17-5-4-10-19(17)23-13-14-24-19/h6-9,17H,2-5,10-14H2,1H3,(H,20,21)/t17-/m1/s1. The Morgan fingerprint density at radius 3 is 2.75 bits per heavy atom. The number of carbonyl (C=O) groups is 1. The molecule has 1 aliphatic carbocycles. The van der Waals surface area contributed by atoms with Crippen LogP contribution in [0, 0.1) is 12.8 Å². The normalized spacial score (nSPS) is 22.0. The Kier molecular flexibility index (Phi) is 5.74. The van der Waals surface area contributed by atoms with Gasteiger partial charge in [0.1, 0.15) is 5.75 Å². The second-order valence-electron chi connectivity index (χ2n) is 6.61. The third kappa shape index (κ3) is 4.08. The molecule has 0 radical (unpaired) electrons. The second-order valence-corrected chi connectivity index (χ2v) is 6.61. The molecule has 1 saturated heterocycles. The fourth-order valence-electron chi connectivity index (χ4n) is 3.48. The zero-order chi connectivity index (χ0) is 16.8. The summed E-state index contributed by atoms with van der Waals surface area (Å²) in [7, 11) is 0. The lowest BCUT2D eigenvalue weighted by molar-refractivity contribution is -0.186. The molecule has 1 heterocycles. The van der Waals surface area contributed by atoms with Crippen LogP contribution in [-0.2, 0) is 14.3 Å². The Balaban J connectivity index is 1.32. The summed E-state index contributed by atoms with van der Waals surface area (Å²) in [5, 5.41) is 3.03. The number of ether oxygens (including phenoxy) is 3. The predicted octanol–water partition coefficient (Wildman–Crippen LogP) is 2.81. The van der Waals surface area contributed by atoms with Crippen LogP contribution in [-0.4, -0.2) is 38.1 Å². The molecule has 1 amide bonds. The Morgan fingerprint density at radius 2 is 2.00 bits per heavy atom. The van der Waals surface area contributed by atoms with Gasteiger partial charge in [-0.2, -0.15) is 0 Å². The molecule has 1 atom stereocenters. The molecule has 1 N–H and O–H groups in total. The van der Waals surface area contributed by atoms with Crippen molar-refractivity contribution in [2.75, 3.05) is 26.4 Å². The zero-order valence-corrected chi connectivity index (χ0v) is 14.4. The van der Waals surface area contributed by atoms with Crippen molar-refractivity contribution in [3.05, 3.63) is 29.8 Å². The fourth-order valence-corrected chi connectivity index (χ4v) is 3.48. The molecule has 1 spiro atoms. The van der Waals surface area contributed by atoms with Crippen LogP contribution in [0.5, 0.6) is 5.75 Å². The molecule has 0 aromatic heterocycles. The van der Waals surface area contributed by atoms with Gasteiger partial charge in [-0.05, 0) is 44.7 Å². The number of hydrogen-bond acceptors (Lipinski definition) is 4. The summed E-state index contributed by atoms with van der Waals surface area (Å²) in [6, 6.07) is 8.05. The van der Waals surface area contributed by atoms with E-state index >= 15 is 0 Å². The van der Waals surface area contributed by atoms with Crippen LogP contribution in [0.2, 0.25) is 0 Å². The predicted molar refractivity (Wildman–Crippen MR) is 90.9 cm³/mol. The largest absolute Gasteiger partial charge is 0.494 e. The molecule has 132 valence electrons. The molecule has 3 rings (SSSR count). The number of carbonyl (C=O) groups excluding carboxylic acids is 1. The number of aryl methyl sites for hydroxylation is 1. The minimum absolute atomic E-state index is 0.0638. The van der Waals surface area contributed by atoms with Crippen molar-refractivity contribution in [1.82, 2.24) is 5.32 Å². The second kappa shape index (κ2) is 7.99. The SMILES string of the molecule is Cc1ccc(OCCCCNC(=O)[C@H]2CCCC23OCCO3)cc1. The first-order chi connectivity index (χ1) is 11.7. The van der Waals surface area contributed by atoms with Crippen molar-refractivity contribution in [3.8, 4) is 5.75 Å². The van der Waals surface area contributed by atoms with E-state index in [0.717, 1.165) is 37.9 Å². The molecule has 1 aromatic carbocycles. The minimum atomic E-state index is -0.640. The van der Waals surface area contributed by atoms with E-state index in [1.807, 2.05) is 24.3 Å². The van der Waals surface area contributed by atoms with Gasteiger partial charge < -0.3 is 19.5 Å². The van der Waals surface area contributed by atoms with Crippen LogP contribution in [0.1, 0.15) is 37.7 Å². The highest BCUT2D eigenvalue weighted by molar-refractivity contribution is 5.80. The maximum absolute atomic E-state index is 12.4. The van der Waals surface area contributed by atoms with Gasteiger partial charge in [0.15, 0.2) is 5.79 Å². The van der Waals surface area contributed by atoms with Crippen LogP contribution in [0.15, 0.2) is 24.3 Å². The molecular weight excluding hydrogens is 306 g/mol. The molecular formula is C19H27NO4. The molecule has 24 heavy (non-hydrogen) atoms. The Hall–Kier alpha value is -1.59. The summed E-state index contributed by atoms with van der Waals surface area (Å²) in [5.41, 5.74) is 1.23. The lowest BCUT2D eigenvalue weighted by atomic mass is 10.0. The first-order valence-electron chi connectivity index (χ1n) is 8.95. The first kappa shape index (κ1) is 17.2. The van der Waals surface area contributed by atoms with Gasteiger partial charge in [-0.25, -0.2) is 0 Å². The molecule has 5 heteroatoms. The van der Waals surface area contributed by atoms with Crippen LogP contribution in [0.25, 0.3) is 0 Å².